The van der Waals surface area contributed by atoms with E-state index in [4.69, 9.17) is 71.1 Å². The van der Waals surface area contributed by atoms with Crippen LogP contribution in [0, 0.1) is 0 Å². The van der Waals surface area contributed by atoms with E-state index in [0.717, 1.165) is 0 Å². The summed E-state index contributed by atoms with van der Waals surface area (Å²) in [6.07, 6.45) is -78.5. The fourth-order valence-electron chi connectivity index (χ4n) is 11.5. The molecule has 89 heavy (non-hydrogen) atoms. The third-order valence-electron chi connectivity index (χ3n) is 16.7. The van der Waals surface area contributed by atoms with Crippen LogP contribution in [-0.4, -0.2) is 431 Å². The number of hydrogen-bond acceptors (Lipinski definition) is 41. The summed E-state index contributed by atoms with van der Waals surface area (Å²) in [6, 6.07) is 0. The number of aliphatic hydroxyl groups is 26. The second-order valence-corrected chi connectivity index (χ2v) is 22.4. The van der Waals surface area contributed by atoms with Crippen LogP contribution < -0.4 is 0 Å². The van der Waals surface area contributed by atoms with E-state index in [9.17, 15) is 133 Å². The molecule has 0 aromatic carbocycles. The summed E-state index contributed by atoms with van der Waals surface area (Å²) in [5.74, 6) is 0. The lowest BCUT2D eigenvalue weighted by Crippen LogP contribution is -2.68. The second kappa shape index (κ2) is 31.5. The van der Waals surface area contributed by atoms with Gasteiger partial charge in [0.25, 0.3) is 0 Å². The average Bonchev–Trinajstić information content (AvgIpc) is 0.925. The van der Waals surface area contributed by atoms with E-state index in [1.807, 2.05) is 0 Å². The molecule has 0 spiro atoms. The van der Waals surface area contributed by atoms with Gasteiger partial charge in [-0.2, -0.15) is 0 Å². The molecule has 8 aliphatic heterocycles. The molecule has 1 unspecified atom stereocenters. The minimum atomic E-state index is -2.26. The first-order chi connectivity index (χ1) is 42.2. The van der Waals surface area contributed by atoms with Gasteiger partial charge in [0.15, 0.2) is 50.3 Å². The molecular formula is C48H82O41. The van der Waals surface area contributed by atoms with Gasteiger partial charge < -0.3 is 204 Å². The van der Waals surface area contributed by atoms with E-state index in [1.54, 1.807) is 0 Å². The van der Waals surface area contributed by atoms with Gasteiger partial charge in [-0.1, -0.05) is 0 Å². The van der Waals surface area contributed by atoms with Gasteiger partial charge in [-0.3, -0.25) is 0 Å². The summed E-state index contributed by atoms with van der Waals surface area (Å²) < 4.78 is 83.2. The van der Waals surface area contributed by atoms with Gasteiger partial charge in [0, 0.05) is 0 Å². The topological polar surface area (TPSA) is 664 Å². The molecule has 8 rings (SSSR count). The van der Waals surface area contributed by atoms with Crippen molar-refractivity contribution in [3.63, 3.8) is 0 Å². The highest BCUT2D eigenvalue weighted by Gasteiger charge is 2.59. The zero-order valence-corrected chi connectivity index (χ0v) is 46.5. The molecule has 8 aliphatic rings. The summed E-state index contributed by atoms with van der Waals surface area (Å²) in [5.41, 5.74) is 0. The van der Waals surface area contributed by atoms with Crippen molar-refractivity contribution in [2.75, 3.05) is 52.9 Å². The summed E-state index contributed by atoms with van der Waals surface area (Å²) in [7, 11) is 0. The Bertz CT molecular complexity index is 2120. The van der Waals surface area contributed by atoms with Crippen LogP contribution in [0.2, 0.25) is 0 Å². The molecule has 8 heterocycles. The molecule has 0 aliphatic carbocycles. The Kier molecular flexibility index (Phi) is 25.9. The standard InChI is InChI=1S/C48H82O41/c49-1-9-17(57)19(59)26(66)42(76-9)83-34-11(3-51)77-43(27(67)20(34)60)84-35-12(4-52)78-44(28(68)21(35)61)85-36-13(5-53)79-45(29(69)22(36)62)86-37-14(6-54)80-46(30(70)23(37)63)87-38-15(7-55)81-47(31(71)24(38)64)88-39-16(8-56)82-48(32(72)25(39)65)89-40-18(58)10(2-50)75-41(74)33(40)73/h9-74H,1-8H2/t9-,10-,11-,12-,13-,14-,15-,16-,17-,18-,19+,20-,21-,22-,23-,24-,25-,26-,27-,28-,29-,30-,31-,32-,33-,34-,35-,36-,37-,38-,39-,40+,41?,42+,43+,44+,45+,46+,47+,48+/m1/s1. The van der Waals surface area contributed by atoms with Crippen molar-refractivity contribution in [3.05, 3.63) is 0 Å². The molecule has 0 amide bonds. The minimum absolute atomic E-state index is 0.852. The lowest BCUT2D eigenvalue weighted by molar-refractivity contribution is -0.399. The fraction of sp³-hybridized carbons (Fsp3) is 1.00. The smallest absolute Gasteiger partial charge is 0.187 e. The SMILES string of the molecule is OC[C@H]1O[C@@H](O[C@H]2[C@H](O)[C@@H](O)[C@H](O[C@H]3[C@H](O)[C@@H](O)[C@H](O[C@H]4[C@H](O)[C@@H](O)[C@H](O[C@H]5[C@H](O)[C@@H](O)[C@H](O[C@H]6[C@H](O)[C@@H](O)[C@H](O[C@H]7[C@H](O)[C@@H](O)[C@H](O[C@H]8[C@H](O)[C@@H](CO)OC(O)[C@@H]8O)O[C@@H]7CO)O[C@@H]6CO)O[C@@H]5CO)O[C@@H]4CO)O[C@@H]3CO)O[C@@H]2CO)[C@H](O)[C@@H](O)[C@@H]1O. The zero-order valence-electron chi connectivity index (χ0n) is 46.5. The molecule has 26 N–H and O–H groups in total. The summed E-state index contributed by atoms with van der Waals surface area (Å²) >= 11 is 0. The first-order valence-corrected chi connectivity index (χ1v) is 28.2. The number of rotatable bonds is 22. The van der Waals surface area contributed by atoms with Crippen molar-refractivity contribution in [1.29, 1.82) is 0 Å². The largest absolute Gasteiger partial charge is 0.394 e. The van der Waals surface area contributed by atoms with Crippen molar-refractivity contribution in [3.8, 4) is 0 Å². The van der Waals surface area contributed by atoms with Crippen LogP contribution in [0.3, 0.4) is 0 Å². The van der Waals surface area contributed by atoms with Crippen LogP contribution in [-0.2, 0) is 71.1 Å². The maximum atomic E-state index is 11.4. The van der Waals surface area contributed by atoms with Gasteiger partial charge in [0.2, 0.25) is 0 Å². The first-order valence-electron chi connectivity index (χ1n) is 28.2. The Hall–Kier alpha value is -1.64. The molecule has 0 aromatic rings. The molecule has 41 nitrogen and oxygen atoms in total. The molecule has 40 atom stereocenters. The van der Waals surface area contributed by atoms with Gasteiger partial charge in [0.05, 0.1) is 52.9 Å². The highest BCUT2D eigenvalue weighted by atomic mass is 16.8. The van der Waals surface area contributed by atoms with Crippen LogP contribution in [0.1, 0.15) is 0 Å². The Morgan fingerprint density at radius 3 is 0.562 bits per heavy atom. The van der Waals surface area contributed by atoms with Crippen LogP contribution in [0.4, 0.5) is 0 Å². The van der Waals surface area contributed by atoms with Gasteiger partial charge in [-0.25, -0.2) is 0 Å². The summed E-state index contributed by atoms with van der Waals surface area (Å²) in [4.78, 5) is 0. The lowest BCUT2D eigenvalue weighted by Gasteiger charge is -2.50. The molecule has 41 heteroatoms. The van der Waals surface area contributed by atoms with E-state index < -0.39 is 299 Å². The predicted molar refractivity (Wildman–Crippen MR) is 264 cm³/mol. The van der Waals surface area contributed by atoms with E-state index in [-0.39, 0.29) is 0 Å². The monoisotopic (exact) mass is 1310 g/mol. The Balaban J connectivity index is 0.850. The Morgan fingerprint density at radius 2 is 0.348 bits per heavy atom. The van der Waals surface area contributed by atoms with Gasteiger partial charge >= 0.3 is 0 Å². The summed E-state index contributed by atoms with van der Waals surface area (Å²) in [6.45, 7) is -8.05. The van der Waals surface area contributed by atoms with Gasteiger partial charge in [-0.15, -0.1) is 0 Å². The Labute approximate surface area is 501 Å². The molecule has 0 bridgehead atoms. The summed E-state index contributed by atoms with van der Waals surface area (Å²) in [5, 5.41) is 277. The minimum Gasteiger partial charge on any atom is -0.394 e. The van der Waals surface area contributed by atoms with Crippen molar-refractivity contribution in [1.82, 2.24) is 0 Å². The molecule has 0 radical (unpaired) electrons. The maximum Gasteiger partial charge on any atom is 0.187 e. The van der Waals surface area contributed by atoms with Crippen molar-refractivity contribution >= 4 is 0 Å². The number of aliphatic hydroxyl groups excluding tert-OH is 26. The van der Waals surface area contributed by atoms with E-state index in [0.29, 0.717) is 0 Å². The Morgan fingerprint density at radius 1 is 0.169 bits per heavy atom. The zero-order chi connectivity index (χ0) is 65.4. The highest BCUT2D eigenvalue weighted by Crippen LogP contribution is 2.39. The van der Waals surface area contributed by atoms with E-state index >= 15 is 0 Å². The molecule has 8 fully saturated rings. The molecular weight excluding hydrogens is 1230 g/mol. The molecule has 8 saturated heterocycles. The van der Waals surface area contributed by atoms with Gasteiger partial charge in [-0.05, 0) is 0 Å². The normalized spacial score (nSPS) is 53.6. The second-order valence-electron chi connectivity index (χ2n) is 22.4. The van der Waals surface area contributed by atoms with Crippen molar-refractivity contribution < 1.29 is 204 Å². The molecule has 520 valence electrons. The third-order valence-corrected chi connectivity index (χ3v) is 16.7. The molecule has 0 saturated carbocycles. The lowest BCUT2D eigenvalue weighted by atomic mass is 9.95. The van der Waals surface area contributed by atoms with Crippen LogP contribution in [0.25, 0.3) is 0 Å². The number of ether oxygens (including phenoxy) is 15. The average molecular weight is 1320 g/mol. The number of hydrogen-bond donors (Lipinski definition) is 26. The van der Waals surface area contributed by atoms with E-state index in [2.05, 4.69) is 0 Å². The maximum absolute atomic E-state index is 11.4. The van der Waals surface area contributed by atoms with Crippen molar-refractivity contribution in [2.45, 2.75) is 246 Å². The van der Waals surface area contributed by atoms with Crippen LogP contribution in [0.15, 0.2) is 0 Å². The highest BCUT2D eigenvalue weighted by molar-refractivity contribution is 5.02. The predicted octanol–water partition coefficient (Wildman–Crippen LogP) is -18.5. The van der Waals surface area contributed by atoms with Crippen LogP contribution >= 0.6 is 0 Å². The van der Waals surface area contributed by atoms with Crippen molar-refractivity contribution in [2.24, 2.45) is 0 Å². The van der Waals surface area contributed by atoms with Crippen LogP contribution in [0.5, 0.6) is 0 Å². The quantitative estimate of drug-likeness (QED) is 0.0479. The first kappa shape index (κ1) is 73.2. The van der Waals surface area contributed by atoms with Gasteiger partial charge in [0.1, 0.15) is 195 Å². The van der Waals surface area contributed by atoms with E-state index in [1.165, 1.54) is 0 Å². The molecule has 0 aromatic heterocycles. The third kappa shape index (κ3) is 15.0. The fourth-order valence-corrected chi connectivity index (χ4v) is 11.5.